The minimum atomic E-state index is -3.47. The SMILES string of the molecule is CN1CCN(S(=O)(=O)CC(Cc2ccccc2)C(N)=O)CC1. The van der Waals surface area contributed by atoms with Crippen molar-refractivity contribution in [2.45, 2.75) is 6.42 Å². The Bertz CT molecular complexity index is 596. The van der Waals surface area contributed by atoms with Crippen molar-refractivity contribution in [3.63, 3.8) is 0 Å². The first-order chi connectivity index (χ1) is 10.4. The van der Waals surface area contributed by atoms with Crippen LogP contribution >= 0.6 is 0 Å². The molecule has 1 aromatic rings. The maximum Gasteiger partial charge on any atom is 0.221 e. The van der Waals surface area contributed by atoms with Crippen LogP contribution in [0.25, 0.3) is 0 Å². The number of carbonyl (C=O) groups is 1. The van der Waals surface area contributed by atoms with Crippen molar-refractivity contribution < 1.29 is 13.2 Å². The Morgan fingerprint density at radius 2 is 1.77 bits per heavy atom. The van der Waals surface area contributed by atoms with E-state index in [1.807, 2.05) is 37.4 Å². The number of carbonyl (C=O) groups excluding carboxylic acids is 1. The van der Waals surface area contributed by atoms with Crippen LogP contribution in [0.1, 0.15) is 5.56 Å². The lowest BCUT2D eigenvalue weighted by Crippen LogP contribution is -2.49. The molecule has 1 fully saturated rings. The normalized spacial score (nSPS) is 19.0. The van der Waals surface area contributed by atoms with Crippen LogP contribution in [0.3, 0.4) is 0 Å². The second kappa shape index (κ2) is 7.21. The Hall–Kier alpha value is -1.44. The second-order valence-corrected chi connectivity index (χ2v) is 7.78. The van der Waals surface area contributed by atoms with Gasteiger partial charge in [0.2, 0.25) is 15.9 Å². The van der Waals surface area contributed by atoms with Crippen LogP contribution in [-0.2, 0) is 21.2 Å². The van der Waals surface area contributed by atoms with Crippen LogP contribution < -0.4 is 5.73 Å². The van der Waals surface area contributed by atoms with Gasteiger partial charge in [-0.3, -0.25) is 4.79 Å². The van der Waals surface area contributed by atoms with E-state index in [2.05, 4.69) is 4.90 Å². The standard InChI is InChI=1S/C15H23N3O3S/c1-17-7-9-18(10-8-17)22(20,21)12-14(15(16)19)11-13-5-3-2-4-6-13/h2-6,14H,7-12H2,1H3,(H2,16,19). The molecule has 1 heterocycles. The van der Waals surface area contributed by atoms with E-state index in [9.17, 15) is 13.2 Å². The number of nitrogens with two attached hydrogens (primary N) is 1. The summed E-state index contributed by atoms with van der Waals surface area (Å²) in [5.74, 6) is -1.49. The van der Waals surface area contributed by atoms with E-state index in [0.29, 0.717) is 32.6 Å². The van der Waals surface area contributed by atoms with Gasteiger partial charge in [0.15, 0.2) is 0 Å². The minimum Gasteiger partial charge on any atom is -0.369 e. The highest BCUT2D eigenvalue weighted by Crippen LogP contribution is 2.15. The van der Waals surface area contributed by atoms with Crippen molar-refractivity contribution in [1.82, 2.24) is 9.21 Å². The first-order valence-electron chi connectivity index (χ1n) is 7.38. The summed E-state index contributed by atoms with van der Waals surface area (Å²) in [5, 5.41) is 0. The Balaban J connectivity index is 2.05. The summed E-state index contributed by atoms with van der Waals surface area (Å²) in [7, 11) is -1.50. The number of rotatable bonds is 6. The molecule has 1 amide bonds. The first-order valence-corrected chi connectivity index (χ1v) is 8.99. The number of amides is 1. The van der Waals surface area contributed by atoms with Gasteiger partial charge in [-0.25, -0.2) is 8.42 Å². The number of hydrogen-bond donors (Lipinski definition) is 1. The number of primary amides is 1. The summed E-state index contributed by atoms with van der Waals surface area (Å²) in [6.07, 6.45) is 0.350. The van der Waals surface area contributed by atoms with Gasteiger partial charge in [0.05, 0.1) is 11.7 Å². The molecule has 7 heteroatoms. The van der Waals surface area contributed by atoms with Crippen molar-refractivity contribution >= 4 is 15.9 Å². The van der Waals surface area contributed by atoms with E-state index >= 15 is 0 Å². The Morgan fingerprint density at radius 3 is 2.32 bits per heavy atom. The molecular formula is C15H23N3O3S. The molecule has 122 valence electrons. The summed E-state index contributed by atoms with van der Waals surface area (Å²) < 4.78 is 26.5. The van der Waals surface area contributed by atoms with Crippen molar-refractivity contribution in [2.24, 2.45) is 11.7 Å². The molecule has 2 rings (SSSR count). The summed E-state index contributed by atoms with van der Waals surface area (Å²) >= 11 is 0. The zero-order valence-electron chi connectivity index (χ0n) is 12.8. The highest BCUT2D eigenvalue weighted by Gasteiger charge is 2.30. The minimum absolute atomic E-state index is 0.221. The van der Waals surface area contributed by atoms with Crippen LogP contribution in [0.15, 0.2) is 30.3 Å². The fraction of sp³-hybridized carbons (Fsp3) is 0.533. The van der Waals surface area contributed by atoms with Gasteiger partial charge in [-0.15, -0.1) is 0 Å². The molecule has 1 aliphatic heterocycles. The number of hydrogen-bond acceptors (Lipinski definition) is 4. The van der Waals surface area contributed by atoms with E-state index < -0.39 is 21.8 Å². The highest BCUT2D eigenvalue weighted by molar-refractivity contribution is 7.89. The maximum atomic E-state index is 12.5. The van der Waals surface area contributed by atoms with Crippen molar-refractivity contribution in [1.29, 1.82) is 0 Å². The molecule has 0 bridgehead atoms. The molecule has 0 radical (unpaired) electrons. The number of benzene rings is 1. The number of nitrogens with zero attached hydrogens (tertiary/aromatic N) is 2. The molecule has 0 spiro atoms. The van der Waals surface area contributed by atoms with Crippen LogP contribution in [0.4, 0.5) is 0 Å². The summed E-state index contributed by atoms with van der Waals surface area (Å²) in [6, 6.07) is 9.35. The first kappa shape index (κ1) is 16.9. The lowest BCUT2D eigenvalue weighted by atomic mass is 10.0. The third-order valence-electron chi connectivity index (χ3n) is 3.99. The predicted molar refractivity (Wildman–Crippen MR) is 85.7 cm³/mol. The molecule has 1 atom stereocenters. The third-order valence-corrected chi connectivity index (χ3v) is 5.97. The van der Waals surface area contributed by atoms with Crippen LogP contribution in [0.2, 0.25) is 0 Å². The zero-order chi connectivity index (χ0) is 16.2. The van der Waals surface area contributed by atoms with E-state index in [-0.39, 0.29) is 5.75 Å². The second-order valence-electron chi connectivity index (χ2n) is 5.77. The molecule has 1 unspecified atom stereocenters. The van der Waals surface area contributed by atoms with Crippen molar-refractivity contribution in [3.05, 3.63) is 35.9 Å². The van der Waals surface area contributed by atoms with Crippen LogP contribution in [0.5, 0.6) is 0 Å². The molecule has 2 N–H and O–H groups in total. The van der Waals surface area contributed by atoms with Gasteiger partial charge in [0, 0.05) is 26.2 Å². The van der Waals surface area contributed by atoms with E-state index in [1.54, 1.807) is 0 Å². The lowest BCUT2D eigenvalue weighted by Gasteiger charge is -2.32. The lowest BCUT2D eigenvalue weighted by molar-refractivity contribution is -0.121. The molecule has 0 aliphatic carbocycles. The zero-order valence-corrected chi connectivity index (χ0v) is 13.6. The number of piperazine rings is 1. The van der Waals surface area contributed by atoms with Crippen molar-refractivity contribution in [3.8, 4) is 0 Å². The highest BCUT2D eigenvalue weighted by atomic mass is 32.2. The largest absolute Gasteiger partial charge is 0.369 e. The summed E-state index contributed by atoms with van der Waals surface area (Å²) in [4.78, 5) is 13.7. The van der Waals surface area contributed by atoms with Crippen LogP contribution in [0, 0.1) is 5.92 Å². The van der Waals surface area contributed by atoms with Gasteiger partial charge in [-0.1, -0.05) is 30.3 Å². The quantitative estimate of drug-likeness (QED) is 0.792. The average Bonchev–Trinajstić information content (AvgIpc) is 2.48. The fourth-order valence-corrected chi connectivity index (χ4v) is 4.29. The molecule has 1 saturated heterocycles. The van der Waals surface area contributed by atoms with E-state index in [4.69, 9.17) is 5.73 Å². The maximum absolute atomic E-state index is 12.5. The van der Waals surface area contributed by atoms with Gasteiger partial charge < -0.3 is 10.6 Å². The third kappa shape index (κ3) is 4.53. The smallest absolute Gasteiger partial charge is 0.221 e. The van der Waals surface area contributed by atoms with Crippen molar-refractivity contribution in [2.75, 3.05) is 39.0 Å². The molecule has 1 aliphatic rings. The Kier molecular flexibility index (Phi) is 5.55. The molecule has 0 saturated carbocycles. The van der Waals surface area contributed by atoms with Gasteiger partial charge in [-0.05, 0) is 19.0 Å². The Morgan fingerprint density at radius 1 is 1.18 bits per heavy atom. The molecule has 0 aromatic heterocycles. The predicted octanol–water partition coefficient (Wildman–Crippen LogP) is -0.0922. The number of likely N-dealkylation sites (N-methyl/N-ethyl adjacent to an activating group) is 1. The summed E-state index contributed by atoms with van der Waals surface area (Å²) in [5.41, 5.74) is 6.33. The van der Waals surface area contributed by atoms with Gasteiger partial charge in [-0.2, -0.15) is 4.31 Å². The molecular weight excluding hydrogens is 302 g/mol. The summed E-state index contributed by atoms with van der Waals surface area (Å²) in [6.45, 7) is 2.35. The molecule has 6 nitrogen and oxygen atoms in total. The van der Waals surface area contributed by atoms with Crippen LogP contribution in [-0.4, -0.2) is 62.5 Å². The van der Waals surface area contributed by atoms with Gasteiger partial charge in [0.1, 0.15) is 0 Å². The monoisotopic (exact) mass is 325 g/mol. The molecule has 1 aromatic carbocycles. The average molecular weight is 325 g/mol. The topological polar surface area (TPSA) is 83.7 Å². The molecule has 22 heavy (non-hydrogen) atoms. The Labute approximate surface area is 131 Å². The van der Waals surface area contributed by atoms with E-state index in [0.717, 1.165) is 5.56 Å². The van der Waals surface area contributed by atoms with E-state index in [1.165, 1.54) is 4.31 Å². The van der Waals surface area contributed by atoms with Gasteiger partial charge >= 0.3 is 0 Å². The fourth-order valence-electron chi connectivity index (χ4n) is 2.57. The number of sulfonamides is 1. The van der Waals surface area contributed by atoms with Gasteiger partial charge in [0.25, 0.3) is 0 Å².